The second-order valence-corrected chi connectivity index (χ2v) is 3.23. The first kappa shape index (κ1) is 12.4. The van der Waals surface area contributed by atoms with Crippen molar-refractivity contribution in [3.63, 3.8) is 0 Å². The molecule has 0 atom stereocenters. The molecular formula is C10H20O3. The fourth-order valence-corrected chi connectivity index (χ4v) is 1.63. The molecule has 3 nitrogen and oxygen atoms in total. The summed E-state index contributed by atoms with van der Waals surface area (Å²) in [6.07, 6.45) is 2.88. The maximum absolute atomic E-state index is 11.1. The van der Waals surface area contributed by atoms with E-state index < -0.39 is 11.6 Å². The van der Waals surface area contributed by atoms with Crippen LogP contribution >= 0.6 is 0 Å². The highest BCUT2D eigenvalue weighted by molar-refractivity contribution is 5.77. The molecule has 0 aromatic rings. The lowest BCUT2D eigenvalue weighted by Gasteiger charge is -2.28. The SMILES string of the molecule is CCCC(CCC)(OCC)C(=O)O. The van der Waals surface area contributed by atoms with E-state index in [1.54, 1.807) is 0 Å². The van der Waals surface area contributed by atoms with E-state index in [0.29, 0.717) is 19.4 Å². The summed E-state index contributed by atoms with van der Waals surface area (Å²) in [6.45, 7) is 6.26. The van der Waals surface area contributed by atoms with Crippen molar-refractivity contribution in [3.05, 3.63) is 0 Å². The second-order valence-electron chi connectivity index (χ2n) is 3.23. The number of hydrogen-bond acceptors (Lipinski definition) is 2. The molecule has 0 aliphatic heterocycles. The van der Waals surface area contributed by atoms with Gasteiger partial charge in [-0.05, 0) is 19.8 Å². The van der Waals surface area contributed by atoms with E-state index in [0.717, 1.165) is 12.8 Å². The van der Waals surface area contributed by atoms with Crippen LogP contribution < -0.4 is 0 Å². The molecule has 0 spiro atoms. The number of ether oxygens (including phenoxy) is 1. The summed E-state index contributed by atoms with van der Waals surface area (Å²) >= 11 is 0. The van der Waals surface area contributed by atoms with Gasteiger partial charge in [-0.3, -0.25) is 0 Å². The second kappa shape index (κ2) is 5.97. The molecule has 1 N–H and O–H groups in total. The summed E-state index contributed by atoms with van der Waals surface area (Å²) < 4.78 is 5.37. The third-order valence-corrected chi connectivity index (χ3v) is 2.12. The number of rotatable bonds is 7. The Kier molecular flexibility index (Phi) is 5.71. The molecule has 0 aromatic heterocycles. The predicted octanol–water partition coefficient (Wildman–Crippen LogP) is 2.45. The summed E-state index contributed by atoms with van der Waals surface area (Å²) in [5.74, 6) is -0.821. The lowest BCUT2D eigenvalue weighted by molar-refractivity contribution is -0.167. The van der Waals surface area contributed by atoms with E-state index in [1.165, 1.54) is 0 Å². The van der Waals surface area contributed by atoms with Crippen LogP contribution in [-0.4, -0.2) is 23.3 Å². The maximum Gasteiger partial charge on any atom is 0.335 e. The third-order valence-electron chi connectivity index (χ3n) is 2.12. The average molecular weight is 188 g/mol. The van der Waals surface area contributed by atoms with E-state index in [1.807, 2.05) is 20.8 Å². The molecule has 0 bridgehead atoms. The fraction of sp³-hybridized carbons (Fsp3) is 0.900. The number of carbonyl (C=O) groups is 1. The lowest BCUT2D eigenvalue weighted by Crippen LogP contribution is -2.41. The van der Waals surface area contributed by atoms with E-state index in [4.69, 9.17) is 9.84 Å². The van der Waals surface area contributed by atoms with Gasteiger partial charge in [-0.25, -0.2) is 4.79 Å². The van der Waals surface area contributed by atoms with Crippen LogP contribution in [0.2, 0.25) is 0 Å². The minimum absolute atomic E-state index is 0.465. The summed E-state index contributed by atoms with van der Waals surface area (Å²) in [5, 5.41) is 9.09. The first-order chi connectivity index (χ1) is 6.13. The van der Waals surface area contributed by atoms with Gasteiger partial charge in [-0.2, -0.15) is 0 Å². The molecule has 0 heterocycles. The molecule has 0 amide bonds. The molecule has 13 heavy (non-hydrogen) atoms. The molecule has 0 aromatic carbocycles. The molecule has 3 heteroatoms. The van der Waals surface area contributed by atoms with Crippen LogP contribution in [0.4, 0.5) is 0 Å². The fourth-order valence-electron chi connectivity index (χ4n) is 1.63. The normalized spacial score (nSPS) is 11.6. The molecule has 0 aliphatic rings. The van der Waals surface area contributed by atoms with Gasteiger partial charge in [0.2, 0.25) is 0 Å². The Morgan fingerprint density at radius 3 is 1.92 bits per heavy atom. The number of carboxylic acid groups (broad SMARTS) is 1. The minimum Gasteiger partial charge on any atom is -0.479 e. The largest absolute Gasteiger partial charge is 0.479 e. The van der Waals surface area contributed by atoms with Crippen LogP contribution in [-0.2, 0) is 9.53 Å². The Hall–Kier alpha value is -0.570. The Bertz CT molecular complexity index is 137. The molecule has 0 saturated carbocycles. The summed E-state index contributed by atoms with van der Waals surface area (Å²) in [4.78, 5) is 11.1. The average Bonchev–Trinajstić information content (AvgIpc) is 2.05. The maximum atomic E-state index is 11.1. The minimum atomic E-state index is -0.932. The van der Waals surface area contributed by atoms with Gasteiger partial charge in [0.25, 0.3) is 0 Å². The quantitative estimate of drug-likeness (QED) is 0.667. The van der Waals surface area contributed by atoms with Gasteiger partial charge >= 0.3 is 5.97 Å². The molecule has 0 saturated heterocycles. The third kappa shape index (κ3) is 3.35. The van der Waals surface area contributed by atoms with E-state index in [9.17, 15) is 4.79 Å². The van der Waals surface area contributed by atoms with Crippen molar-refractivity contribution in [1.82, 2.24) is 0 Å². The van der Waals surface area contributed by atoms with Gasteiger partial charge in [0.1, 0.15) is 0 Å². The molecule has 0 unspecified atom stereocenters. The summed E-state index contributed by atoms with van der Waals surface area (Å²) in [5.41, 5.74) is -0.932. The van der Waals surface area contributed by atoms with Gasteiger partial charge in [-0.15, -0.1) is 0 Å². The summed E-state index contributed by atoms with van der Waals surface area (Å²) in [7, 11) is 0. The van der Waals surface area contributed by atoms with Crippen LogP contribution in [0.15, 0.2) is 0 Å². The van der Waals surface area contributed by atoms with E-state index in [2.05, 4.69) is 0 Å². The standard InChI is InChI=1S/C10H20O3/c1-4-7-10(8-5-2,9(11)12)13-6-3/h4-8H2,1-3H3,(H,11,12). The number of aliphatic carboxylic acids is 1. The lowest BCUT2D eigenvalue weighted by atomic mass is 9.92. The topological polar surface area (TPSA) is 46.5 Å². The van der Waals surface area contributed by atoms with Gasteiger partial charge in [0.15, 0.2) is 5.60 Å². The van der Waals surface area contributed by atoms with Crippen molar-refractivity contribution in [1.29, 1.82) is 0 Å². The van der Waals surface area contributed by atoms with Crippen molar-refractivity contribution >= 4 is 5.97 Å². The van der Waals surface area contributed by atoms with Crippen molar-refractivity contribution in [2.24, 2.45) is 0 Å². The van der Waals surface area contributed by atoms with Crippen LogP contribution in [0.5, 0.6) is 0 Å². The zero-order chi connectivity index (χ0) is 10.3. The molecule has 0 rings (SSSR count). The zero-order valence-electron chi connectivity index (χ0n) is 8.80. The van der Waals surface area contributed by atoms with Gasteiger partial charge in [0.05, 0.1) is 0 Å². The smallest absolute Gasteiger partial charge is 0.335 e. The Morgan fingerprint density at radius 2 is 1.69 bits per heavy atom. The molecule has 0 fully saturated rings. The van der Waals surface area contributed by atoms with Gasteiger partial charge < -0.3 is 9.84 Å². The van der Waals surface area contributed by atoms with Crippen LogP contribution in [0.3, 0.4) is 0 Å². The first-order valence-electron chi connectivity index (χ1n) is 5.00. The van der Waals surface area contributed by atoms with Crippen molar-refractivity contribution in [2.45, 2.75) is 52.1 Å². The Labute approximate surface area is 80.1 Å². The van der Waals surface area contributed by atoms with Crippen molar-refractivity contribution in [2.75, 3.05) is 6.61 Å². The van der Waals surface area contributed by atoms with Crippen LogP contribution in [0.1, 0.15) is 46.5 Å². The highest BCUT2D eigenvalue weighted by atomic mass is 16.5. The monoisotopic (exact) mass is 188 g/mol. The number of carboxylic acids is 1. The van der Waals surface area contributed by atoms with Crippen molar-refractivity contribution < 1.29 is 14.6 Å². The molecule has 0 aliphatic carbocycles. The zero-order valence-corrected chi connectivity index (χ0v) is 8.80. The molecule has 78 valence electrons. The first-order valence-corrected chi connectivity index (χ1v) is 5.00. The van der Waals surface area contributed by atoms with Crippen molar-refractivity contribution in [3.8, 4) is 0 Å². The molecule has 0 radical (unpaired) electrons. The van der Waals surface area contributed by atoms with Crippen LogP contribution in [0.25, 0.3) is 0 Å². The van der Waals surface area contributed by atoms with Gasteiger partial charge in [-0.1, -0.05) is 26.7 Å². The van der Waals surface area contributed by atoms with Crippen LogP contribution in [0, 0.1) is 0 Å². The summed E-state index contributed by atoms with van der Waals surface area (Å²) in [6, 6.07) is 0. The van der Waals surface area contributed by atoms with Gasteiger partial charge in [0, 0.05) is 6.61 Å². The molecular weight excluding hydrogens is 168 g/mol. The van der Waals surface area contributed by atoms with E-state index >= 15 is 0 Å². The van der Waals surface area contributed by atoms with E-state index in [-0.39, 0.29) is 0 Å². The highest BCUT2D eigenvalue weighted by Crippen LogP contribution is 2.24. The predicted molar refractivity (Wildman–Crippen MR) is 51.8 cm³/mol. The highest BCUT2D eigenvalue weighted by Gasteiger charge is 2.37. The Balaban J connectivity index is 4.48. The number of hydrogen-bond donors (Lipinski definition) is 1. The Morgan fingerprint density at radius 1 is 1.23 bits per heavy atom.